The van der Waals surface area contributed by atoms with E-state index in [-0.39, 0.29) is 23.4 Å². The Morgan fingerprint density at radius 3 is 2.95 bits per heavy atom. The average Bonchev–Trinajstić information content (AvgIpc) is 2.75. The lowest BCUT2D eigenvalue weighted by Crippen LogP contribution is -2.99. The molecule has 1 aliphatic heterocycles. The Bertz CT molecular complexity index is 565. The van der Waals surface area contributed by atoms with Gasteiger partial charge >= 0.3 is 5.88 Å². The molecule has 0 radical (unpaired) electrons. The number of hydrazone groups is 1. The molecule has 8 nitrogen and oxygen atoms in total. The van der Waals surface area contributed by atoms with Crippen LogP contribution in [0.1, 0.15) is 12.7 Å². The Morgan fingerprint density at radius 2 is 2.37 bits per heavy atom. The van der Waals surface area contributed by atoms with Crippen LogP contribution >= 0.6 is 0 Å². The van der Waals surface area contributed by atoms with Gasteiger partial charge in [0.25, 0.3) is 0 Å². The number of rotatable bonds is 3. The predicted molar refractivity (Wildman–Crippen MR) is 66.9 cm³/mol. The van der Waals surface area contributed by atoms with Gasteiger partial charge in [-0.2, -0.15) is 10.3 Å². The Labute approximate surface area is 110 Å². The number of furan rings is 1. The van der Waals surface area contributed by atoms with Crippen LogP contribution in [0.15, 0.2) is 21.7 Å². The van der Waals surface area contributed by atoms with Crippen LogP contribution in [0.25, 0.3) is 0 Å². The minimum absolute atomic E-state index is 0.0723. The van der Waals surface area contributed by atoms with Crippen molar-refractivity contribution in [3.8, 4) is 0 Å². The second-order valence-corrected chi connectivity index (χ2v) is 6.61. The lowest BCUT2D eigenvalue weighted by molar-refractivity contribution is -0.997. The first-order valence-electron chi connectivity index (χ1n) is 5.71. The molecule has 2 rings (SSSR count). The third-order valence-electron chi connectivity index (χ3n) is 2.81. The van der Waals surface area contributed by atoms with Gasteiger partial charge in [-0.05, 0) is 13.0 Å². The second kappa shape index (κ2) is 5.29. The number of hydrogen-bond donors (Lipinski definition) is 2. The molecule has 0 spiro atoms. The van der Waals surface area contributed by atoms with Crippen LogP contribution in [0.4, 0.5) is 5.88 Å². The van der Waals surface area contributed by atoms with E-state index in [1.165, 1.54) is 18.3 Å². The highest BCUT2D eigenvalue weighted by atomic mass is 32.2. The summed E-state index contributed by atoms with van der Waals surface area (Å²) >= 11 is 0. The van der Waals surface area contributed by atoms with Gasteiger partial charge in [-0.15, -0.1) is 0 Å². The molecule has 1 aromatic heterocycles. The average molecular weight is 289 g/mol. The van der Waals surface area contributed by atoms with Gasteiger partial charge in [0.15, 0.2) is 15.6 Å². The zero-order valence-corrected chi connectivity index (χ0v) is 11.1. The van der Waals surface area contributed by atoms with Gasteiger partial charge in [0.05, 0.1) is 30.3 Å². The fourth-order valence-electron chi connectivity index (χ4n) is 1.83. The minimum Gasteiger partial charge on any atom is -0.592 e. The normalized spacial score (nSPS) is 24.8. The van der Waals surface area contributed by atoms with Crippen LogP contribution in [0.3, 0.4) is 0 Å². The monoisotopic (exact) mass is 289 g/mol. The molecule has 1 saturated heterocycles. The van der Waals surface area contributed by atoms with E-state index >= 15 is 0 Å². The Balaban J connectivity index is 2.02. The molecular formula is C10H15N3O5S. The molecule has 0 bridgehead atoms. The van der Waals surface area contributed by atoms with Crippen molar-refractivity contribution in [2.75, 3.05) is 18.1 Å². The zero-order chi connectivity index (χ0) is 14.0. The largest absolute Gasteiger partial charge is 0.592 e. The summed E-state index contributed by atoms with van der Waals surface area (Å²) in [5.41, 5.74) is 0. The summed E-state index contributed by atoms with van der Waals surface area (Å²) in [6.07, 6.45) is 1.39. The molecule has 2 N–H and O–H groups in total. The summed E-state index contributed by atoms with van der Waals surface area (Å²) in [4.78, 5) is 0. The van der Waals surface area contributed by atoms with Crippen LogP contribution in [0.2, 0.25) is 0 Å². The smallest absolute Gasteiger partial charge is 0.328 e. The number of quaternary nitrogens is 1. The van der Waals surface area contributed by atoms with Crippen molar-refractivity contribution in [1.82, 2.24) is 5.01 Å². The summed E-state index contributed by atoms with van der Waals surface area (Å²) in [6.45, 7) is 2.10. The maximum absolute atomic E-state index is 11.4. The van der Waals surface area contributed by atoms with Crippen LogP contribution in [0.5, 0.6) is 0 Å². The molecule has 0 saturated carbocycles. The highest BCUT2D eigenvalue weighted by Crippen LogP contribution is 2.12. The minimum atomic E-state index is -2.97. The number of hydrogen-bond acceptors (Lipinski definition) is 7. The van der Waals surface area contributed by atoms with E-state index in [1.807, 2.05) is 0 Å². The molecule has 2 unspecified atom stereocenters. The van der Waals surface area contributed by atoms with Gasteiger partial charge in [-0.3, -0.25) is 5.01 Å². The molecule has 2 atom stereocenters. The van der Waals surface area contributed by atoms with Crippen molar-refractivity contribution in [3.63, 3.8) is 0 Å². The van der Waals surface area contributed by atoms with E-state index in [9.17, 15) is 13.6 Å². The highest BCUT2D eigenvalue weighted by molar-refractivity contribution is 7.91. The van der Waals surface area contributed by atoms with Crippen molar-refractivity contribution in [2.45, 2.75) is 13.0 Å². The fourth-order valence-corrected chi connectivity index (χ4v) is 3.37. The van der Waals surface area contributed by atoms with Gasteiger partial charge in [0.2, 0.25) is 0 Å². The molecule has 2 heterocycles. The van der Waals surface area contributed by atoms with Gasteiger partial charge in [0, 0.05) is 6.07 Å². The molecule has 106 valence electrons. The lowest BCUT2D eigenvalue weighted by atomic mass is 10.4. The van der Waals surface area contributed by atoms with E-state index < -0.39 is 15.1 Å². The van der Waals surface area contributed by atoms with Gasteiger partial charge in [-0.1, -0.05) is 0 Å². The SMILES string of the molecule is CC1CS(=O)(=O)CCN1N=Cc1ccc([NH+]([O-])O)o1. The molecular weight excluding hydrogens is 274 g/mol. The van der Waals surface area contributed by atoms with Crippen molar-refractivity contribution in [3.05, 3.63) is 23.1 Å². The maximum Gasteiger partial charge on any atom is 0.328 e. The van der Waals surface area contributed by atoms with Crippen molar-refractivity contribution in [1.29, 1.82) is 0 Å². The maximum atomic E-state index is 11.4. The summed E-state index contributed by atoms with van der Waals surface area (Å²) in [7, 11) is -2.97. The molecule has 0 aromatic carbocycles. The van der Waals surface area contributed by atoms with Crippen molar-refractivity contribution in [2.24, 2.45) is 5.10 Å². The van der Waals surface area contributed by atoms with Crippen LogP contribution in [-0.2, 0) is 9.84 Å². The first-order valence-corrected chi connectivity index (χ1v) is 7.54. The second-order valence-electron chi connectivity index (χ2n) is 4.38. The van der Waals surface area contributed by atoms with Gasteiger partial charge in [0.1, 0.15) is 0 Å². The van der Waals surface area contributed by atoms with Gasteiger partial charge in [-0.25, -0.2) is 13.6 Å². The van der Waals surface area contributed by atoms with E-state index in [1.54, 1.807) is 11.9 Å². The van der Waals surface area contributed by atoms with Crippen LogP contribution in [0, 0.1) is 5.21 Å². The van der Waals surface area contributed by atoms with E-state index in [0.29, 0.717) is 12.3 Å². The molecule has 1 aliphatic rings. The lowest BCUT2D eigenvalue weighted by Gasteiger charge is -2.30. The number of nitrogens with zero attached hydrogens (tertiary/aromatic N) is 2. The van der Waals surface area contributed by atoms with Crippen LogP contribution < -0.4 is 5.23 Å². The van der Waals surface area contributed by atoms with E-state index in [2.05, 4.69) is 5.10 Å². The Hall–Kier alpha value is -1.42. The fraction of sp³-hybridized carbons (Fsp3) is 0.500. The molecule has 9 heteroatoms. The molecule has 1 fully saturated rings. The molecule has 1 aromatic rings. The Kier molecular flexibility index (Phi) is 3.90. The summed E-state index contributed by atoms with van der Waals surface area (Å²) in [6, 6.07) is 2.63. The Morgan fingerprint density at radius 1 is 1.63 bits per heavy atom. The molecule has 19 heavy (non-hydrogen) atoms. The predicted octanol–water partition coefficient (Wildman–Crippen LogP) is -0.864. The number of sulfone groups is 1. The highest BCUT2D eigenvalue weighted by Gasteiger charge is 2.27. The first-order chi connectivity index (χ1) is 8.87. The van der Waals surface area contributed by atoms with Crippen molar-refractivity contribution < 1.29 is 23.3 Å². The quantitative estimate of drug-likeness (QED) is 0.553. The topological polar surface area (TPSA) is 111 Å². The van der Waals surface area contributed by atoms with Crippen molar-refractivity contribution >= 4 is 21.9 Å². The first kappa shape index (κ1) is 14.0. The molecule has 0 aliphatic carbocycles. The standard InChI is InChI=1S/C10H15N3O5S/c1-8-7-19(16,17)5-4-12(8)11-6-9-2-3-10(18-9)13(14)15/h2-3,6,8,13-14H,4-5,7H2,1H3. The summed E-state index contributed by atoms with van der Waals surface area (Å²) in [5, 5.41) is 24.0. The molecule has 0 amide bonds. The third-order valence-corrected chi connectivity index (χ3v) is 4.60. The summed E-state index contributed by atoms with van der Waals surface area (Å²) < 4.78 is 27.8. The van der Waals surface area contributed by atoms with E-state index in [4.69, 9.17) is 9.62 Å². The van der Waals surface area contributed by atoms with Crippen LogP contribution in [-0.4, -0.2) is 48.9 Å². The van der Waals surface area contributed by atoms with E-state index in [0.717, 1.165) is 0 Å². The third kappa shape index (κ3) is 3.53. The number of nitrogens with one attached hydrogen (secondary N) is 1. The van der Waals surface area contributed by atoms with Gasteiger partial charge < -0.3 is 9.62 Å². The summed E-state index contributed by atoms with van der Waals surface area (Å²) in [5.74, 6) is 0.310. The zero-order valence-electron chi connectivity index (χ0n) is 10.3.